The summed E-state index contributed by atoms with van der Waals surface area (Å²) in [5, 5.41) is 0. The number of hydrogen-bond donors (Lipinski definition) is 0. The van der Waals surface area contributed by atoms with Crippen molar-refractivity contribution in [2.24, 2.45) is 0 Å². The first-order valence-corrected chi connectivity index (χ1v) is 7.18. The van der Waals surface area contributed by atoms with E-state index in [0.29, 0.717) is 0 Å². The molecule has 1 aliphatic rings. The Labute approximate surface area is 106 Å². The first-order chi connectivity index (χ1) is 8.38. The van der Waals surface area contributed by atoms with Gasteiger partial charge in [-0.1, -0.05) is 31.2 Å². The van der Waals surface area contributed by atoms with Gasteiger partial charge in [0.05, 0.1) is 0 Å². The van der Waals surface area contributed by atoms with Crippen molar-refractivity contribution in [2.45, 2.75) is 45.4 Å². The molecule has 0 radical (unpaired) electrons. The topological polar surface area (TPSA) is 3.24 Å². The van der Waals surface area contributed by atoms with Crippen molar-refractivity contribution < 1.29 is 0 Å². The number of hydrogen-bond acceptors (Lipinski definition) is 1. The normalized spacial score (nSPS) is 16.5. The number of benzene rings is 1. The molecular formula is C16H25N. The standard InChI is InChI=1S/C16H25N/c1-2-15-8-10-16(11-9-15)7-3-4-12-17-13-5-6-14-17/h8-11H,2-7,12-14H2,1H3. The molecule has 0 atom stereocenters. The second-order valence-electron chi connectivity index (χ2n) is 5.18. The third-order valence-corrected chi connectivity index (χ3v) is 3.82. The third-order valence-electron chi connectivity index (χ3n) is 3.82. The molecule has 1 heteroatoms. The summed E-state index contributed by atoms with van der Waals surface area (Å²) in [6.07, 6.45) is 7.92. The summed E-state index contributed by atoms with van der Waals surface area (Å²) in [6, 6.07) is 9.15. The van der Waals surface area contributed by atoms with E-state index in [1.807, 2.05) is 0 Å². The van der Waals surface area contributed by atoms with Crippen molar-refractivity contribution in [3.63, 3.8) is 0 Å². The van der Waals surface area contributed by atoms with Crippen LogP contribution in [0.1, 0.15) is 43.7 Å². The van der Waals surface area contributed by atoms with Gasteiger partial charge >= 0.3 is 0 Å². The highest BCUT2D eigenvalue weighted by molar-refractivity contribution is 5.22. The fraction of sp³-hybridized carbons (Fsp3) is 0.625. The monoisotopic (exact) mass is 231 g/mol. The van der Waals surface area contributed by atoms with Crippen molar-refractivity contribution in [2.75, 3.05) is 19.6 Å². The molecule has 1 heterocycles. The first kappa shape index (κ1) is 12.6. The van der Waals surface area contributed by atoms with Crippen LogP contribution in [0.25, 0.3) is 0 Å². The fourth-order valence-corrected chi connectivity index (χ4v) is 2.61. The van der Waals surface area contributed by atoms with Crippen LogP contribution in [0.15, 0.2) is 24.3 Å². The first-order valence-electron chi connectivity index (χ1n) is 7.18. The van der Waals surface area contributed by atoms with Gasteiger partial charge in [-0.15, -0.1) is 0 Å². The number of aryl methyl sites for hydroxylation is 2. The third kappa shape index (κ3) is 4.16. The summed E-state index contributed by atoms with van der Waals surface area (Å²) in [4.78, 5) is 2.61. The Bertz CT molecular complexity index is 309. The molecule has 0 bridgehead atoms. The molecule has 0 spiro atoms. The Hall–Kier alpha value is -0.820. The lowest BCUT2D eigenvalue weighted by Gasteiger charge is -2.13. The zero-order valence-electron chi connectivity index (χ0n) is 11.1. The molecule has 0 unspecified atom stereocenters. The van der Waals surface area contributed by atoms with E-state index in [9.17, 15) is 0 Å². The highest BCUT2D eigenvalue weighted by atomic mass is 15.1. The van der Waals surface area contributed by atoms with E-state index in [0.717, 1.165) is 6.42 Å². The van der Waals surface area contributed by atoms with Crippen molar-refractivity contribution >= 4 is 0 Å². The summed E-state index contributed by atoms with van der Waals surface area (Å²) >= 11 is 0. The van der Waals surface area contributed by atoms with Gasteiger partial charge in [0, 0.05) is 0 Å². The molecule has 0 N–H and O–H groups in total. The average Bonchev–Trinajstić information content (AvgIpc) is 2.88. The Balaban J connectivity index is 1.63. The van der Waals surface area contributed by atoms with E-state index >= 15 is 0 Å². The number of nitrogens with zero attached hydrogens (tertiary/aromatic N) is 1. The molecule has 0 amide bonds. The van der Waals surface area contributed by atoms with Crippen molar-refractivity contribution in [3.8, 4) is 0 Å². The van der Waals surface area contributed by atoms with Gasteiger partial charge in [0.2, 0.25) is 0 Å². The zero-order chi connectivity index (χ0) is 11.9. The lowest BCUT2D eigenvalue weighted by molar-refractivity contribution is 0.330. The molecule has 1 fully saturated rings. The van der Waals surface area contributed by atoms with Gasteiger partial charge in [-0.25, -0.2) is 0 Å². The van der Waals surface area contributed by atoms with Gasteiger partial charge in [0.25, 0.3) is 0 Å². The van der Waals surface area contributed by atoms with Gasteiger partial charge in [-0.3, -0.25) is 0 Å². The Kier molecular flexibility index (Phi) is 5.06. The molecule has 0 saturated carbocycles. The molecule has 1 saturated heterocycles. The number of rotatable bonds is 6. The largest absolute Gasteiger partial charge is 0.303 e. The van der Waals surface area contributed by atoms with Gasteiger partial charge in [0.15, 0.2) is 0 Å². The van der Waals surface area contributed by atoms with Crippen LogP contribution in [0.5, 0.6) is 0 Å². The highest BCUT2D eigenvalue weighted by Gasteiger charge is 2.09. The van der Waals surface area contributed by atoms with E-state index in [1.54, 1.807) is 0 Å². The predicted molar refractivity (Wildman–Crippen MR) is 74.4 cm³/mol. The maximum Gasteiger partial charge on any atom is -0.00183 e. The van der Waals surface area contributed by atoms with Gasteiger partial charge < -0.3 is 4.90 Å². The molecule has 1 nitrogen and oxygen atoms in total. The fourth-order valence-electron chi connectivity index (χ4n) is 2.61. The summed E-state index contributed by atoms with van der Waals surface area (Å²) in [7, 11) is 0. The lowest BCUT2D eigenvalue weighted by Crippen LogP contribution is -2.20. The molecular weight excluding hydrogens is 206 g/mol. The predicted octanol–water partition coefficient (Wildman–Crippen LogP) is 3.67. The van der Waals surface area contributed by atoms with Crippen LogP contribution in [0.3, 0.4) is 0 Å². The van der Waals surface area contributed by atoms with E-state index < -0.39 is 0 Å². The Morgan fingerprint density at radius 1 is 0.941 bits per heavy atom. The van der Waals surface area contributed by atoms with E-state index in [-0.39, 0.29) is 0 Å². The molecule has 0 aliphatic carbocycles. The SMILES string of the molecule is CCc1ccc(CCCCN2CCCC2)cc1. The highest BCUT2D eigenvalue weighted by Crippen LogP contribution is 2.11. The Morgan fingerprint density at radius 2 is 1.59 bits per heavy atom. The van der Waals surface area contributed by atoms with Gasteiger partial charge in [-0.2, -0.15) is 0 Å². The van der Waals surface area contributed by atoms with Crippen molar-refractivity contribution in [1.82, 2.24) is 4.90 Å². The Morgan fingerprint density at radius 3 is 2.24 bits per heavy atom. The van der Waals surface area contributed by atoms with Crippen LogP contribution in [-0.2, 0) is 12.8 Å². The second kappa shape index (κ2) is 6.80. The molecule has 0 aromatic heterocycles. The van der Waals surface area contributed by atoms with Crippen molar-refractivity contribution in [1.29, 1.82) is 0 Å². The van der Waals surface area contributed by atoms with Crippen LogP contribution in [-0.4, -0.2) is 24.5 Å². The van der Waals surface area contributed by atoms with Crippen LogP contribution >= 0.6 is 0 Å². The number of unbranched alkanes of at least 4 members (excludes halogenated alkanes) is 1. The summed E-state index contributed by atoms with van der Waals surface area (Å²) < 4.78 is 0. The van der Waals surface area contributed by atoms with Crippen LogP contribution in [0.2, 0.25) is 0 Å². The summed E-state index contributed by atoms with van der Waals surface area (Å²) in [5.74, 6) is 0. The number of likely N-dealkylation sites (tertiary alicyclic amines) is 1. The summed E-state index contributed by atoms with van der Waals surface area (Å²) in [6.45, 7) is 6.20. The smallest absolute Gasteiger partial charge is 0.00183 e. The molecule has 94 valence electrons. The quantitative estimate of drug-likeness (QED) is 0.675. The van der Waals surface area contributed by atoms with Crippen LogP contribution in [0.4, 0.5) is 0 Å². The minimum atomic E-state index is 1.15. The molecule has 1 aromatic carbocycles. The van der Waals surface area contributed by atoms with Gasteiger partial charge in [-0.05, 0) is 69.3 Å². The van der Waals surface area contributed by atoms with Gasteiger partial charge in [0.1, 0.15) is 0 Å². The summed E-state index contributed by atoms with van der Waals surface area (Å²) in [5.41, 5.74) is 2.95. The minimum Gasteiger partial charge on any atom is -0.303 e. The van der Waals surface area contributed by atoms with E-state index in [4.69, 9.17) is 0 Å². The van der Waals surface area contributed by atoms with Crippen LogP contribution in [0, 0.1) is 0 Å². The molecule has 1 aromatic rings. The maximum atomic E-state index is 2.61. The van der Waals surface area contributed by atoms with Crippen LogP contribution < -0.4 is 0 Å². The van der Waals surface area contributed by atoms with Crippen molar-refractivity contribution in [3.05, 3.63) is 35.4 Å². The molecule has 1 aliphatic heterocycles. The minimum absolute atomic E-state index is 1.15. The average molecular weight is 231 g/mol. The zero-order valence-corrected chi connectivity index (χ0v) is 11.1. The van der Waals surface area contributed by atoms with E-state index in [2.05, 4.69) is 36.1 Å². The van der Waals surface area contributed by atoms with E-state index in [1.165, 1.54) is 62.9 Å². The molecule has 17 heavy (non-hydrogen) atoms. The lowest BCUT2D eigenvalue weighted by atomic mass is 10.1. The maximum absolute atomic E-state index is 2.61. The second-order valence-corrected chi connectivity index (χ2v) is 5.18. The molecule has 2 rings (SSSR count).